The number of benzene rings is 2. The van der Waals surface area contributed by atoms with Crippen LogP contribution in [0.3, 0.4) is 0 Å². The first-order chi connectivity index (χ1) is 13.5. The van der Waals surface area contributed by atoms with Crippen molar-refractivity contribution in [3.63, 3.8) is 0 Å². The van der Waals surface area contributed by atoms with Gasteiger partial charge in [-0.05, 0) is 42.5 Å². The van der Waals surface area contributed by atoms with Crippen molar-refractivity contribution < 1.29 is 21.6 Å². The Hall–Kier alpha value is -2.56. The fraction of sp³-hybridized carbons (Fsp3) is 0.0588. The number of nitrogens with one attached hydrogen (secondary N) is 1. The molecule has 0 unspecified atom stereocenters. The highest BCUT2D eigenvalue weighted by atomic mass is 35.5. The predicted octanol–water partition coefficient (Wildman–Crippen LogP) is 4.36. The van der Waals surface area contributed by atoms with E-state index in [2.05, 4.69) is 9.82 Å². The van der Waals surface area contributed by atoms with Crippen LogP contribution in [-0.2, 0) is 16.2 Å². The highest BCUT2D eigenvalue weighted by molar-refractivity contribution is 7.92. The maximum Gasteiger partial charge on any atom is 0.416 e. The summed E-state index contributed by atoms with van der Waals surface area (Å²) in [4.78, 5) is 11.9. The molecule has 0 saturated heterocycles. The second-order valence-electron chi connectivity index (χ2n) is 5.70. The fourth-order valence-corrected chi connectivity index (χ4v) is 3.64. The molecular weight excluding hydrogens is 454 g/mol. The van der Waals surface area contributed by atoms with Gasteiger partial charge in [-0.2, -0.15) is 23.0 Å². The molecule has 0 aliphatic rings. The van der Waals surface area contributed by atoms with E-state index in [9.17, 15) is 26.4 Å². The van der Waals surface area contributed by atoms with E-state index in [1.165, 1.54) is 30.3 Å². The van der Waals surface area contributed by atoms with E-state index in [1.807, 2.05) is 0 Å². The van der Waals surface area contributed by atoms with Crippen LogP contribution in [0.15, 0.2) is 64.4 Å². The normalized spacial score (nSPS) is 12.0. The van der Waals surface area contributed by atoms with Crippen molar-refractivity contribution in [2.24, 2.45) is 0 Å². The number of hydrogen-bond donors (Lipinski definition) is 1. The van der Waals surface area contributed by atoms with Crippen LogP contribution in [0.5, 0.6) is 0 Å². The number of alkyl halides is 3. The maximum atomic E-state index is 12.8. The van der Waals surface area contributed by atoms with E-state index < -0.39 is 27.3 Å². The summed E-state index contributed by atoms with van der Waals surface area (Å²) >= 11 is 11.5. The van der Waals surface area contributed by atoms with Crippen molar-refractivity contribution in [1.29, 1.82) is 0 Å². The lowest BCUT2D eigenvalue weighted by atomic mass is 10.2. The summed E-state index contributed by atoms with van der Waals surface area (Å²) in [6.07, 6.45) is -3.45. The summed E-state index contributed by atoms with van der Waals surface area (Å²) in [6.45, 7) is 0. The third-order valence-electron chi connectivity index (χ3n) is 3.71. The molecule has 3 aromatic rings. The average Bonchev–Trinajstić information content (AvgIpc) is 2.66. The van der Waals surface area contributed by atoms with E-state index in [1.54, 1.807) is 0 Å². The molecule has 152 valence electrons. The minimum atomic E-state index is -4.61. The molecule has 0 bridgehead atoms. The van der Waals surface area contributed by atoms with Crippen LogP contribution >= 0.6 is 23.2 Å². The average molecular weight is 464 g/mol. The number of hydrogen-bond acceptors (Lipinski definition) is 4. The molecule has 1 heterocycles. The van der Waals surface area contributed by atoms with Gasteiger partial charge in [-0.1, -0.05) is 29.3 Å². The van der Waals surface area contributed by atoms with Crippen molar-refractivity contribution in [1.82, 2.24) is 9.78 Å². The summed E-state index contributed by atoms with van der Waals surface area (Å²) in [5.74, 6) is 0. The van der Waals surface area contributed by atoms with Gasteiger partial charge < -0.3 is 0 Å². The molecule has 29 heavy (non-hydrogen) atoms. The number of rotatable bonds is 4. The van der Waals surface area contributed by atoms with Gasteiger partial charge in [0.1, 0.15) is 5.02 Å². The van der Waals surface area contributed by atoms with Crippen molar-refractivity contribution in [3.8, 4) is 5.69 Å². The van der Waals surface area contributed by atoms with Crippen molar-refractivity contribution in [3.05, 3.63) is 80.7 Å². The van der Waals surface area contributed by atoms with Crippen LogP contribution < -0.4 is 10.3 Å². The van der Waals surface area contributed by atoms with Gasteiger partial charge in [-0.3, -0.25) is 9.52 Å². The van der Waals surface area contributed by atoms with Gasteiger partial charge in [0.2, 0.25) is 0 Å². The highest BCUT2D eigenvalue weighted by Gasteiger charge is 2.30. The Labute approximate surface area is 172 Å². The zero-order valence-corrected chi connectivity index (χ0v) is 16.4. The highest BCUT2D eigenvalue weighted by Crippen LogP contribution is 2.31. The summed E-state index contributed by atoms with van der Waals surface area (Å²) in [7, 11) is -4.17. The summed E-state index contributed by atoms with van der Waals surface area (Å²) in [6, 6.07) is 8.72. The zero-order valence-electron chi connectivity index (χ0n) is 14.1. The Bertz CT molecular complexity index is 1230. The lowest BCUT2D eigenvalue weighted by Gasteiger charge is -2.12. The minimum Gasteiger partial charge on any atom is -0.280 e. The topological polar surface area (TPSA) is 81.1 Å². The van der Waals surface area contributed by atoms with E-state index >= 15 is 0 Å². The molecule has 0 saturated carbocycles. The van der Waals surface area contributed by atoms with Gasteiger partial charge in [-0.15, -0.1) is 0 Å². The smallest absolute Gasteiger partial charge is 0.280 e. The standard InChI is InChI=1S/C17H10Cl2F3N3O3S/c18-14-9-23-25(16(26)15(14)19)12-4-6-13(7-5-12)29(27,28)24-11-3-1-2-10(8-11)17(20,21)22/h1-9,24H. The minimum absolute atomic E-state index is 0.0302. The van der Waals surface area contributed by atoms with Gasteiger partial charge in [0.25, 0.3) is 15.6 Å². The first-order valence-electron chi connectivity index (χ1n) is 7.73. The molecule has 1 aromatic heterocycles. The first-order valence-corrected chi connectivity index (χ1v) is 9.97. The van der Waals surface area contributed by atoms with E-state index in [-0.39, 0.29) is 26.3 Å². The molecule has 0 aliphatic carbocycles. The molecule has 0 fully saturated rings. The predicted molar refractivity (Wildman–Crippen MR) is 102 cm³/mol. The van der Waals surface area contributed by atoms with E-state index in [4.69, 9.17) is 23.2 Å². The van der Waals surface area contributed by atoms with Crippen molar-refractivity contribution in [2.45, 2.75) is 11.1 Å². The zero-order chi connectivity index (χ0) is 21.4. The third kappa shape index (κ3) is 4.55. The maximum absolute atomic E-state index is 12.8. The lowest BCUT2D eigenvalue weighted by Crippen LogP contribution is -2.21. The number of nitrogens with zero attached hydrogens (tertiary/aromatic N) is 2. The summed E-state index contributed by atoms with van der Waals surface area (Å²) in [5, 5.41) is 3.54. The Kier molecular flexibility index (Phi) is 5.61. The Balaban J connectivity index is 1.90. The van der Waals surface area contributed by atoms with Gasteiger partial charge in [-0.25, -0.2) is 8.42 Å². The Morgan fingerprint density at radius 2 is 1.69 bits per heavy atom. The molecule has 0 amide bonds. The third-order valence-corrected chi connectivity index (χ3v) is 5.86. The second-order valence-corrected chi connectivity index (χ2v) is 8.17. The van der Waals surface area contributed by atoms with Crippen LogP contribution in [0.4, 0.5) is 18.9 Å². The van der Waals surface area contributed by atoms with Gasteiger partial charge in [0, 0.05) is 5.69 Å². The van der Waals surface area contributed by atoms with Crippen LogP contribution in [0.25, 0.3) is 5.69 Å². The number of aromatic nitrogens is 2. The SMILES string of the molecule is O=c1c(Cl)c(Cl)cnn1-c1ccc(S(=O)(=O)Nc2cccc(C(F)(F)F)c2)cc1. The quantitative estimate of drug-likeness (QED) is 0.623. The number of halogens is 5. The van der Waals surface area contributed by atoms with Gasteiger partial charge >= 0.3 is 6.18 Å². The molecule has 0 atom stereocenters. The van der Waals surface area contributed by atoms with Crippen LogP contribution in [-0.4, -0.2) is 18.2 Å². The largest absolute Gasteiger partial charge is 0.416 e. The van der Waals surface area contributed by atoms with Gasteiger partial charge in [0.05, 0.1) is 27.4 Å². The van der Waals surface area contributed by atoms with Crippen molar-refractivity contribution in [2.75, 3.05) is 4.72 Å². The molecule has 0 aliphatic heterocycles. The molecule has 6 nitrogen and oxygen atoms in total. The summed E-state index contributed by atoms with van der Waals surface area (Å²) < 4.78 is 66.3. The molecule has 1 N–H and O–H groups in total. The van der Waals surface area contributed by atoms with Crippen LogP contribution in [0.1, 0.15) is 5.56 Å². The van der Waals surface area contributed by atoms with Gasteiger partial charge in [0.15, 0.2) is 0 Å². The van der Waals surface area contributed by atoms with E-state index in [0.29, 0.717) is 6.07 Å². The molecule has 0 radical (unpaired) electrons. The Morgan fingerprint density at radius 1 is 1.03 bits per heavy atom. The second kappa shape index (κ2) is 7.69. The molecule has 0 spiro atoms. The number of sulfonamides is 1. The Morgan fingerprint density at radius 3 is 2.31 bits per heavy atom. The van der Waals surface area contributed by atoms with E-state index in [0.717, 1.165) is 23.0 Å². The molecular formula is C17H10Cl2F3N3O3S. The van der Waals surface area contributed by atoms with Crippen LogP contribution in [0, 0.1) is 0 Å². The number of anilines is 1. The molecule has 2 aromatic carbocycles. The first kappa shape index (κ1) is 21.2. The van der Waals surface area contributed by atoms with Crippen LogP contribution in [0.2, 0.25) is 10.0 Å². The van der Waals surface area contributed by atoms with Crippen molar-refractivity contribution >= 4 is 38.9 Å². The molecule has 12 heteroatoms. The lowest BCUT2D eigenvalue weighted by molar-refractivity contribution is -0.137. The monoisotopic (exact) mass is 463 g/mol. The fourth-order valence-electron chi connectivity index (χ4n) is 2.34. The summed E-state index contributed by atoms with van der Waals surface area (Å²) in [5.41, 5.74) is -1.71. The molecule has 3 rings (SSSR count).